The molecule has 1 aromatic rings. The van der Waals surface area contributed by atoms with Gasteiger partial charge in [-0.25, -0.2) is 4.98 Å². The quantitative estimate of drug-likeness (QED) is 0.732. The molecule has 0 radical (unpaired) electrons. The standard InChI is InChI=1S/C19H32ClN5O/c1-4-5-6-15-23-14(16(20)24-15)11-25-9-7-19(8-10-25)17(26)21-12-18(2,3)13-22-19/h22H,4-13H2,1-3H3,(H,21,26)(H,23,24). The number of piperidine rings is 1. The van der Waals surface area contributed by atoms with Crippen LogP contribution in [-0.2, 0) is 17.8 Å². The highest BCUT2D eigenvalue weighted by atomic mass is 35.5. The topological polar surface area (TPSA) is 73.1 Å². The third-order valence-corrected chi connectivity index (χ3v) is 6.02. The van der Waals surface area contributed by atoms with Crippen molar-refractivity contribution in [2.45, 2.75) is 65.0 Å². The number of unbranched alkanes of at least 4 members (excludes halogenated alkanes) is 1. The lowest BCUT2D eigenvalue weighted by atomic mass is 9.86. The zero-order valence-corrected chi connectivity index (χ0v) is 17.0. The van der Waals surface area contributed by atoms with Crippen molar-refractivity contribution >= 4 is 17.5 Å². The normalized spacial score (nSPS) is 23.0. The summed E-state index contributed by atoms with van der Waals surface area (Å²) in [7, 11) is 0. The molecular weight excluding hydrogens is 350 g/mol. The van der Waals surface area contributed by atoms with Gasteiger partial charge in [0.25, 0.3) is 0 Å². The number of imidazole rings is 1. The number of halogens is 1. The van der Waals surface area contributed by atoms with E-state index in [-0.39, 0.29) is 11.3 Å². The van der Waals surface area contributed by atoms with E-state index in [2.05, 4.69) is 46.3 Å². The molecule has 2 fully saturated rings. The van der Waals surface area contributed by atoms with Gasteiger partial charge in [-0.1, -0.05) is 38.8 Å². The van der Waals surface area contributed by atoms with Crippen LogP contribution in [0.5, 0.6) is 0 Å². The van der Waals surface area contributed by atoms with Gasteiger partial charge in [-0.05, 0) is 24.7 Å². The Hall–Kier alpha value is -1.11. The molecule has 1 aromatic heterocycles. The number of aromatic nitrogens is 2. The minimum atomic E-state index is -0.422. The van der Waals surface area contributed by atoms with Gasteiger partial charge in [-0.15, -0.1) is 0 Å². The average molecular weight is 382 g/mol. The van der Waals surface area contributed by atoms with Gasteiger partial charge < -0.3 is 15.6 Å². The number of H-pyrrole nitrogens is 1. The first-order chi connectivity index (χ1) is 12.3. The first-order valence-electron chi connectivity index (χ1n) is 9.82. The smallest absolute Gasteiger partial charge is 0.240 e. The molecule has 3 N–H and O–H groups in total. The lowest BCUT2D eigenvalue weighted by Gasteiger charge is -2.40. The fourth-order valence-corrected chi connectivity index (χ4v) is 3.98. The predicted molar refractivity (Wildman–Crippen MR) is 104 cm³/mol. The van der Waals surface area contributed by atoms with Gasteiger partial charge >= 0.3 is 0 Å². The van der Waals surface area contributed by atoms with Gasteiger partial charge in [0.05, 0.1) is 5.69 Å². The molecule has 3 rings (SSSR count). The summed E-state index contributed by atoms with van der Waals surface area (Å²) in [4.78, 5) is 22.9. The second-order valence-electron chi connectivity index (χ2n) is 8.62. The summed E-state index contributed by atoms with van der Waals surface area (Å²) in [6.07, 6.45) is 4.85. The summed E-state index contributed by atoms with van der Waals surface area (Å²) in [5.41, 5.74) is 0.663. The molecule has 3 heterocycles. The Labute approximate surface area is 161 Å². The Balaban J connectivity index is 1.58. The molecule has 0 atom stereocenters. The number of hydrogen-bond acceptors (Lipinski definition) is 4. The minimum absolute atomic E-state index is 0.0919. The molecule has 1 spiro atoms. The third kappa shape index (κ3) is 4.41. The molecule has 2 aliphatic rings. The highest BCUT2D eigenvalue weighted by molar-refractivity contribution is 6.30. The lowest BCUT2D eigenvalue weighted by Crippen LogP contribution is -2.60. The molecule has 2 saturated heterocycles. The van der Waals surface area contributed by atoms with Crippen molar-refractivity contribution in [3.8, 4) is 0 Å². The van der Waals surface area contributed by atoms with Gasteiger partial charge in [0.2, 0.25) is 5.91 Å². The van der Waals surface area contributed by atoms with Crippen molar-refractivity contribution in [2.24, 2.45) is 5.41 Å². The van der Waals surface area contributed by atoms with E-state index in [1.807, 2.05) is 0 Å². The second-order valence-corrected chi connectivity index (χ2v) is 8.97. The highest BCUT2D eigenvalue weighted by Crippen LogP contribution is 2.28. The van der Waals surface area contributed by atoms with Gasteiger partial charge in [0.15, 0.2) is 5.15 Å². The Morgan fingerprint density at radius 1 is 1.23 bits per heavy atom. The number of aromatic amines is 1. The Bertz CT molecular complexity index is 634. The first kappa shape index (κ1) is 19.6. The van der Waals surface area contributed by atoms with Crippen LogP contribution in [0, 0.1) is 5.41 Å². The average Bonchev–Trinajstić information content (AvgIpc) is 2.92. The predicted octanol–water partition coefficient (Wildman–Crippen LogP) is 2.49. The number of nitrogens with zero attached hydrogens (tertiary/aromatic N) is 2. The molecule has 0 saturated carbocycles. The summed E-state index contributed by atoms with van der Waals surface area (Å²) in [5, 5.41) is 7.30. The third-order valence-electron chi connectivity index (χ3n) is 5.70. The maximum atomic E-state index is 12.7. The fraction of sp³-hybridized carbons (Fsp3) is 0.789. The first-order valence-corrected chi connectivity index (χ1v) is 10.2. The molecular formula is C19H32ClN5O. The van der Waals surface area contributed by atoms with Crippen molar-refractivity contribution in [3.05, 3.63) is 16.7 Å². The Kier molecular flexibility index (Phi) is 5.94. The zero-order valence-electron chi connectivity index (χ0n) is 16.3. The molecule has 0 aromatic carbocycles. The number of hydrogen-bond donors (Lipinski definition) is 3. The molecule has 26 heavy (non-hydrogen) atoms. The number of likely N-dealkylation sites (tertiary alicyclic amines) is 1. The zero-order chi connectivity index (χ0) is 18.8. The van der Waals surface area contributed by atoms with Crippen LogP contribution in [0.3, 0.4) is 0 Å². The second kappa shape index (κ2) is 7.87. The molecule has 0 bridgehead atoms. The number of amides is 1. The van der Waals surface area contributed by atoms with Crippen molar-refractivity contribution in [2.75, 3.05) is 26.2 Å². The summed E-state index contributed by atoms with van der Waals surface area (Å²) in [5.74, 6) is 1.14. The molecule has 0 unspecified atom stereocenters. The van der Waals surface area contributed by atoms with Crippen molar-refractivity contribution < 1.29 is 4.79 Å². The van der Waals surface area contributed by atoms with Crippen molar-refractivity contribution in [1.82, 2.24) is 25.5 Å². The van der Waals surface area contributed by atoms with Gasteiger partial charge in [-0.2, -0.15) is 0 Å². The number of aryl methyl sites for hydroxylation is 1. The Morgan fingerprint density at radius 3 is 2.65 bits per heavy atom. The van der Waals surface area contributed by atoms with Crippen LogP contribution in [0.25, 0.3) is 0 Å². The van der Waals surface area contributed by atoms with Crippen LogP contribution in [0.1, 0.15) is 58.0 Å². The number of carbonyl (C=O) groups excluding carboxylic acids is 1. The lowest BCUT2D eigenvalue weighted by molar-refractivity contribution is -0.129. The van der Waals surface area contributed by atoms with E-state index in [9.17, 15) is 4.79 Å². The van der Waals surface area contributed by atoms with E-state index in [0.717, 1.165) is 76.3 Å². The molecule has 1 amide bonds. The molecule has 0 aliphatic carbocycles. The number of rotatable bonds is 5. The van der Waals surface area contributed by atoms with Crippen LogP contribution < -0.4 is 10.6 Å². The van der Waals surface area contributed by atoms with E-state index in [1.54, 1.807) is 0 Å². The van der Waals surface area contributed by atoms with Gasteiger partial charge in [-0.3, -0.25) is 9.69 Å². The van der Waals surface area contributed by atoms with E-state index in [0.29, 0.717) is 5.15 Å². The molecule has 6 nitrogen and oxygen atoms in total. The van der Waals surface area contributed by atoms with E-state index in [1.165, 1.54) is 0 Å². The van der Waals surface area contributed by atoms with Crippen LogP contribution >= 0.6 is 11.6 Å². The summed E-state index contributed by atoms with van der Waals surface area (Å²) in [6.45, 7) is 10.7. The maximum Gasteiger partial charge on any atom is 0.240 e. The van der Waals surface area contributed by atoms with Crippen LogP contribution in [-0.4, -0.2) is 52.5 Å². The van der Waals surface area contributed by atoms with Crippen molar-refractivity contribution in [1.29, 1.82) is 0 Å². The summed E-state index contributed by atoms with van der Waals surface area (Å²) < 4.78 is 0. The van der Waals surface area contributed by atoms with Crippen LogP contribution in [0.4, 0.5) is 0 Å². The van der Waals surface area contributed by atoms with E-state index >= 15 is 0 Å². The van der Waals surface area contributed by atoms with E-state index < -0.39 is 5.54 Å². The summed E-state index contributed by atoms with van der Waals surface area (Å²) >= 11 is 6.32. The number of nitrogens with one attached hydrogen (secondary N) is 3. The largest absolute Gasteiger partial charge is 0.354 e. The van der Waals surface area contributed by atoms with Crippen molar-refractivity contribution in [3.63, 3.8) is 0 Å². The van der Waals surface area contributed by atoms with E-state index in [4.69, 9.17) is 11.6 Å². The fourth-order valence-electron chi connectivity index (χ4n) is 3.77. The van der Waals surface area contributed by atoms with Gasteiger partial charge in [0, 0.05) is 39.1 Å². The number of carbonyl (C=O) groups is 1. The highest BCUT2D eigenvalue weighted by Gasteiger charge is 2.44. The summed E-state index contributed by atoms with van der Waals surface area (Å²) in [6, 6.07) is 0. The van der Waals surface area contributed by atoms with Crippen LogP contribution in [0.2, 0.25) is 5.15 Å². The molecule has 7 heteroatoms. The SMILES string of the molecule is CCCCc1nc(Cl)c(CN2CCC3(CC2)NCC(C)(C)CNC3=O)[nH]1. The maximum absolute atomic E-state index is 12.7. The van der Waals surface area contributed by atoms with Crippen LogP contribution in [0.15, 0.2) is 0 Å². The molecule has 146 valence electrons. The molecule has 2 aliphatic heterocycles. The minimum Gasteiger partial charge on any atom is -0.354 e. The van der Waals surface area contributed by atoms with Gasteiger partial charge in [0.1, 0.15) is 11.4 Å². The Morgan fingerprint density at radius 2 is 1.96 bits per heavy atom. The monoisotopic (exact) mass is 381 g/mol.